The molecule has 1 heterocycles. The van der Waals surface area contributed by atoms with Crippen LogP contribution in [0.1, 0.15) is 5.82 Å². The molecule has 0 unspecified atom stereocenters. The first-order valence-corrected chi connectivity index (χ1v) is 8.74. The number of carbonyl (C=O) groups excluding carboxylic acids is 1. The van der Waals surface area contributed by atoms with Crippen molar-refractivity contribution in [2.75, 3.05) is 5.32 Å². The van der Waals surface area contributed by atoms with Crippen molar-refractivity contribution < 1.29 is 9.53 Å². The number of benzene rings is 3. The zero-order valence-electron chi connectivity index (χ0n) is 14.9. The Hall–Kier alpha value is -3.60. The van der Waals surface area contributed by atoms with Crippen molar-refractivity contribution in [1.82, 2.24) is 9.55 Å². The molecule has 0 aliphatic heterocycles. The molecule has 3 aromatic carbocycles. The lowest BCUT2D eigenvalue weighted by atomic mass is 10.3. The van der Waals surface area contributed by atoms with Crippen LogP contribution in [0.25, 0.3) is 11.0 Å². The fraction of sp³-hybridized carbons (Fsp3) is 0.0909. The van der Waals surface area contributed by atoms with Gasteiger partial charge in [0.05, 0.1) is 11.0 Å². The van der Waals surface area contributed by atoms with E-state index in [2.05, 4.69) is 10.3 Å². The highest BCUT2D eigenvalue weighted by Gasteiger charge is 2.11. The third-order valence-electron chi connectivity index (χ3n) is 4.24. The summed E-state index contributed by atoms with van der Waals surface area (Å²) < 4.78 is 7.73. The number of aryl methyl sites for hydroxylation is 1. The average Bonchev–Trinajstić information content (AvgIpc) is 2.98. The van der Waals surface area contributed by atoms with Crippen molar-refractivity contribution in [2.24, 2.45) is 0 Å². The van der Waals surface area contributed by atoms with Crippen LogP contribution in [0.5, 0.6) is 11.5 Å². The Kier molecular flexibility index (Phi) is 4.58. The first-order valence-electron chi connectivity index (χ1n) is 8.74. The van der Waals surface area contributed by atoms with Crippen LogP contribution in [-0.4, -0.2) is 15.5 Å². The number of fused-ring (bicyclic) bond motifs is 1. The molecule has 4 aromatic rings. The summed E-state index contributed by atoms with van der Waals surface area (Å²) in [6.45, 7) is 2.11. The first kappa shape index (κ1) is 16.8. The van der Waals surface area contributed by atoms with Crippen molar-refractivity contribution in [3.05, 3.63) is 84.7 Å². The summed E-state index contributed by atoms with van der Waals surface area (Å²) in [4.78, 5) is 17.0. The van der Waals surface area contributed by atoms with Gasteiger partial charge >= 0.3 is 0 Å². The number of hydrogen-bond donors (Lipinski definition) is 1. The predicted octanol–water partition coefficient (Wildman–Crippen LogP) is 4.78. The predicted molar refractivity (Wildman–Crippen MR) is 106 cm³/mol. The SMILES string of the molecule is Cc1nc2ccccc2n1CC(=O)Nc1cccc(Oc2ccccc2)c1. The molecule has 1 aromatic heterocycles. The van der Waals surface area contributed by atoms with E-state index in [-0.39, 0.29) is 12.5 Å². The number of para-hydroxylation sites is 3. The minimum Gasteiger partial charge on any atom is -0.457 e. The fourth-order valence-electron chi connectivity index (χ4n) is 3.00. The van der Waals surface area contributed by atoms with Gasteiger partial charge in [-0.25, -0.2) is 4.98 Å². The number of ether oxygens (including phenoxy) is 1. The highest BCUT2D eigenvalue weighted by Crippen LogP contribution is 2.24. The maximum atomic E-state index is 12.5. The summed E-state index contributed by atoms with van der Waals surface area (Å²) in [5.74, 6) is 2.12. The van der Waals surface area contributed by atoms with Crippen LogP contribution in [0.3, 0.4) is 0 Å². The molecule has 134 valence electrons. The van der Waals surface area contributed by atoms with E-state index in [0.717, 1.165) is 22.6 Å². The second kappa shape index (κ2) is 7.33. The lowest BCUT2D eigenvalue weighted by Crippen LogP contribution is -2.19. The smallest absolute Gasteiger partial charge is 0.244 e. The molecule has 1 amide bonds. The van der Waals surface area contributed by atoms with Gasteiger partial charge in [0.15, 0.2) is 0 Å². The minimum atomic E-state index is -0.113. The number of hydrogen-bond acceptors (Lipinski definition) is 3. The van der Waals surface area contributed by atoms with Gasteiger partial charge in [-0.1, -0.05) is 36.4 Å². The van der Waals surface area contributed by atoms with Crippen molar-refractivity contribution in [3.63, 3.8) is 0 Å². The molecule has 5 heteroatoms. The number of carbonyl (C=O) groups is 1. The third kappa shape index (κ3) is 3.82. The van der Waals surface area contributed by atoms with Gasteiger partial charge in [0.25, 0.3) is 0 Å². The van der Waals surface area contributed by atoms with Gasteiger partial charge in [0.2, 0.25) is 5.91 Å². The van der Waals surface area contributed by atoms with E-state index in [9.17, 15) is 4.79 Å². The molecule has 0 bridgehead atoms. The van der Waals surface area contributed by atoms with Gasteiger partial charge in [-0.05, 0) is 43.3 Å². The minimum absolute atomic E-state index is 0.113. The maximum Gasteiger partial charge on any atom is 0.244 e. The third-order valence-corrected chi connectivity index (χ3v) is 4.24. The Morgan fingerprint density at radius 3 is 2.56 bits per heavy atom. The Morgan fingerprint density at radius 2 is 1.70 bits per heavy atom. The van der Waals surface area contributed by atoms with E-state index in [1.165, 1.54) is 0 Å². The van der Waals surface area contributed by atoms with E-state index in [4.69, 9.17) is 4.74 Å². The highest BCUT2D eigenvalue weighted by molar-refractivity contribution is 5.92. The Balaban J connectivity index is 1.48. The number of imidazole rings is 1. The first-order chi connectivity index (χ1) is 13.2. The van der Waals surface area contributed by atoms with Crippen molar-refractivity contribution in [2.45, 2.75) is 13.5 Å². The number of aromatic nitrogens is 2. The van der Waals surface area contributed by atoms with Crippen LogP contribution in [-0.2, 0) is 11.3 Å². The molecule has 0 aliphatic carbocycles. The average molecular weight is 357 g/mol. The van der Waals surface area contributed by atoms with Crippen LogP contribution in [0.2, 0.25) is 0 Å². The Morgan fingerprint density at radius 1 is 0.963 bits per heavy atom. The molecular weight excluding hydrogens is 338 g/mol. The molecule has 0 radical (unpaired) electrons. The van der Waals surface area contributed by atoms with Gasteiger partial charge in [0.1, 0.15) is 23.9 Å². The summed E-state index contributed by atoms with van der Waals surface area (Å²) >= 11 is 0. The van der Waals surface area contributed by atoms with Crippen molar-refractivity contribution >= 4 is 22.6 Å². The molecule has 1 N–H and O–H groups in total. The van der Waals surface area contributed by atoms with Gasteiger partial charge in [-0.2, -0.15) is 0 Å². The number of nitrogens with one attached hydrogen (secondary N) is 1. The summed E-state index contributed by atoms with van der Waals surface area (Å²) in [5.41, 5.74) is 2.53. The van der Waals surface area contributed by atoms with E-state index < -0.39 is 0 Å². The van der Waals surface area contributed by atoms with E-state index >= 15 is 0 Å². The van der Waals surface area contributed by atoms with Crippen LogP contribution < -0.4 is 10.1 Å². The molecule has 0 spiro atoms. The van der Waals surface area contributed by atoms with E-state index in [1.807, 2.05) is 90.4 Å². The molecule has 5 nitrogen and oxygen atoms in total. The zero-order chi connectivity index (χ0) is 18.6. The number of rotatable bonds is 5. The highest BCUT2D eigenvalue weighted by atomic mass is 16.5. The van der Waals surface area contributed by atoms with Crippen molar-refractivity contribution in [1.29, 1.82) is 0 Å². The second-order valence-electron chi connectivity index (χ2n) is 6.22. The Bertz CT molecular complexity index is 1090. The van der Waals surface area contributed by atoms with Gasteiger partial charge in [-0.3, -0.25) is 4.79 Å². The normalized spacial score (nSPS) is 10.7. The fourth-order valence-corrected chi connectivity index (χ4v) is 3.00. The lowest BCUT2D eigenvalue weighted by molar-refractivity contribution is -0.116. The monoisotopic (exact) mass is 357 g/mol. The number of anilines is 1. The van der Waals surface area contributed by atoms with Crippen molar-refractivity contribution in [3.8, 4) is 11.5 Å². The summed E-state index contributed by atoms with van der Waals surface area (Å²) in [7, 11) is 0. The molecule has 0 aliphatic rings. The summed E-state index contributed by atoms with van der Waals surface area (Å²) in [6.07, 6.45) is 0. The van der Waals surface area contributed by atoms with Crippen LogP contribution in [0.15, 0.2) is 78.9 Å². The second-order valence-corrected chi connectivity index (χ2v) is 6.22. The quantitative estimate of drug-likeness (QED) is 0.559. The molecule has 0 saturated heterocycles. The Labute approximate surface area is 157 Å². The number of nitrogens with zero attached hydrogens (tertiary/aromatic N) is 2. The zero-order valence-corrected chi connectivity index (χ0v) is 14.9. The molecule has 0 atom stereocenters. The molecule has 0 fully saturated rings. The van der Waals surface area contributed by atoms with Crippen LogP contribution in [0.4, 0.5) is 5.69 Å². The van der Waals surface area contributed by atoms with E-state index in [0.29, 0.717) is 11.4 Å². The summed E-state index contributed by atoms with van der Waals surface area (Å²) in [5, 5.41) is 2.93. The van der Waals surface area contributed by atoms with Gasteiger partial charge in [-0.15, -0.1) is 0 Å². The molecule has 27 heavy (non-hydrogen) atoms. The number of amides is 1. The standard InChI is InChI=1S/C22H19N3O2/c1-16-23-20-12-5-6-13-21(20)25(16)15-22(26)24-17-8-7-11-19(14-17)27-18-9-3-2-4-10-18/h2-14H,15H2,1H3,(H,24,26). The summed E-state index contributed by atoms with van der Waals surface area (Å²) in [6, 6.07) is 24.7. The van der Waals surface area contributed by atoms with Crippen LogP contribution >= 0.6 is 0 Å². The van der Waals surface area contributed by atoms with Gasteiger partial charge < -0.3 is 14.6 Å². The molecular formula is C22H19N3O2. The maximum absolute atomic E-state index is 12.5. The van der Waals surface area contributed by atoms with E-state index in [1.54, 1.807) is 0 Å². The van der Waals surface area contributed by atoms with Gasteiger partial charge in [0, 0.05) is 11.8 Å². The molecule has 4 rings (SSSR count). The topological polar surface area (TPSA) is 56.2 Å². The molecule has 0 saturated carbocycles. The van der Waals surface area contributed by atoms with Crippen LogP contribution in [0, 0.1) is 6.92 Å². The lowest BCUT2D eigenvalue weighted by Gasteiger charge is -2.10. The largest absolute Gasteiger partial charge is 0.457 e.